The SMILES string of the molecule is O=S(=O)(CCCCl)NC1CCSC1. The molecule has 78 valence electrons. The van der Waals surface area contributed by atoms with Gasteiger partial charge in [0.25, 0.3) is 0 Å². The van der Waals surface area contributed by atoms with Crippen LogP contribution >= 0.6 is 23.4 Å². The van der Waals surface area contributed by atoms with Gasteiger partial charge in [-0.25, -0.2) is 13.1 Å². The van der Waals surface area contributed by atoms with E-state index in [0.29, 0.717) is 12.3 Å². The van der Waals surface area contributed by atoms with Crippen molar-refractivity contribution in [1.82, 2.24) is 4.72 Å². The largest absolute Gasteiger partial charge is 0.212 e. The van der Waals surface area contributed by atoms with E-state index in [0.717, 1.165) is 17.9 Å². The molecule has 0 aliphatic carbocycles. The number of hydrogen-bond donors (Lipinski definition) is 1. The third-order valence-corrected chi connectivity index (χ3v) is 4.77. The molecule has 0 saturated carbocycles. The van der Waals surface area contributed by atoms with E-state index < -0.39 is 10.0 Å². The molecule has 0 amide bonds. The van der Waals surface area contributed by atoms with Crippen LogP contribution in [0.5, 0.6) is 0 Å². The third-order valence-electron chi connectivity index (χ3n) is 1.82. The van der Waals surface area contributed by atoms with Gasteiger partial charge in [-0.2, -0.15) is 11.8 Å². The van der Waals surface area contributed by atoms with E-state index in [4.69, 9.17) is 11.6 Å². The fourth-order valence-corrected chi connectivity index (χ4v) is 4.09. The Morgan fingerprint density at radius 3 is 2.85 bits per heavy atom. The van der Waals surface area contributed by atoms with Crippen molar-refractivity contribution in [3.63, 3.8) is 0 Å². The van der Waals surface area contributed by atoms with E-state index in [1.54, 1.807) is 11.8 Å². The first kappa shape index (κ1) is 11.6. The number of hydrogen-bond acceptors (Lipinski definition) is 3. The van der Waals surface area contributed by atoms with Gasteiger partial charge in [-0.3, -0.25) is 0 Å². The minimum Gasteiger partial charge on any atom is -0.212 e. The van der Waals surface area contributed by atoms with Crippen LogP contribution in [0.25, 0.3) is 0 Å². The molecule has 0 radical (unpaired) electrons. The lowest BCUT2D eigenvalue weighted by atomic mass is 10.3. The zero-order chi connectivity index (χ0) is 9.73. The molecule has 1 N–H and O–H groups in total. The summed E-state index contributed by atoms with van der Waals surface area (Å²) < 4.78 is 25.4. The Kier molecular flexibility index (Phi) is 4.86. The molecule has 1 rings (SSSR count). The molecule has 1 saturated heterocycles. The predicted molar refractivity (Wildman–Crippen MR) is 58.0 cm³/mol. The summed E-state index contributed by atoms with van der Waals surface area (Å²) >= 11 is 7.22. The maximum Gasteiger partial charge on any atom is 0.211 e. The highest BCUT2D eigenvalue weighted by molar-refractivity contribution is 7.99. The monoisotopic (exact) mass is 243 g/mol. The second-order valence-corrected chi connectivity index (χ2v) is 6.44. The van der Waals surface area contributed by atoms with Gasteiger partial charge in [-0.15, -0.1) is 11.6 Å². The van der Waals surface area contributed by atoms with E-state index >= 15 is 0 Å². The average molecular weight is 244 g/mol. The van der Waals surface area contributed by atoms with Gasteiger partial charge < -0.3 is 0 Å². The first-order chi connectivity index (χ1) is 6.14. The van der Waals surface area contributed by atoms with Crippen molar-refractivity contribution in [3.8, 4) is 0 Å². The number of rotatable bonds is 5. The molecule has 0 bridgehead atoms. The smallest absolute Gasteiger partial charge is 0.211 e. The molecule has 6 heteroatoms. The minimum atomic E-state index is -3.07. The van der Waals surface area contributed by atoms with E-state index in [2.05, 4.69) is 4.72 Å². The van der Waals surface area contributed by atoms with Crippen LogP contribution in [0.4, 0.5) is 0 Å². The average Bonchev–Trinajstić information content (AvgIpc) is 2.52. The summed E-state index contributed by atoms with van der Waals surface area (Å²) in [7, 11) is -3.07. The number of sulfonamides is 1. The number of alkyl halides is 1. The fourth-order valence-electron chi connectivity index (χ4n) is 1.18. The van der Waals surface area contributed by atoms with Crippen molar-refractivity contribution in [2.75, 3.05) is 23.1 Å². The van der Waals surface area contributed by atoms with Crippen LogP contribution in [-0.2, 0) is 10.0 Å². The molecular weight excluding hydrogens is 230 g/mol. The number of thioether (sulfide) groups is 1. The lowest BCUT2D eigenvalue weighted by Crippen LogP contribution is -2.36. The topological polar surface area (TPSA) is 46.2 Å². The fraction of sp³-hybridized carbons (Fsp3) is 1.00. The van der Waals surface area contributed by atoms with E-state index in [-0.39, 0.29) is 11.8 Å². The maximum absolute atomic E-state index is 11.4. The van der Waals surface area contributed by atoms with Crippen LogP contribution in [0.15, 0.2) is 0 Å². The molecule has 1 aliphatic rings. The van der Waals surface area contributed by atoms with Crippen molar-refractivity contribution in [2.24, 2.45) is 0 Å². The lowest BCUT2D eigenvalue weighted by molar-refractivity contribution is 0.562. The van der Waals surface area contributed by atoms with Crippen molar-refractivity contribution in [3.05, 3.63) is 0 Å². The summed E-state index contributed by atoms with van der Waals surface area (Å²) in [5.41, 5.74) is 0. The second-order valence-electron chi connectivity index (χ2n) is 3.04. The van der Waals surface area contributed by atoms with Gasteiger partial charge in [-0.1, -0.05) is 0 Å². The summed E-state index contributed by atoms with van der Waals surface area (Å²) in [5, 5.41) is 0. The third kappa shape index (κ3) is 4.54. The summed E-state index contributed by atoms with van der Waals surface area (Å²) in [4.78, 5) is 0. The van der Waals surface area contributed by atoms with Gasteiger partial charge in [0.2, 0.25) is 10.0 Å². The molecule has 0 aromatic carbocycles. The Balaban J connectivity index is 2.32. The Hall–Kier alpha value is 0.550. The Morgan fingerprint density at radius 1 is 1.54 bits per heavy atom. The Labute approximate surface area is 88.7 Å². The highest BCUT2D eigenvalue weighted by Gasteiger charge is 2.20. The molecule has 0 spiro atoms. The Morgan fingerprint density at radius 2 is 2.31 bits per heavy atom. The summed E-state index contributed by atoms with van der Waals surface area (Å²) in [6.07, 6.45) is 1.47. The van der Waals surface area contributed by atoms with Crippen molar-refractivity contribution < 1.29 is 8.42 Å². The molecular formula is C7H14ClNO2S2. The molecule has 13 heavy (non-hydrogen) atoms. The zero-order valence-electron chi connectivity index (χ0n) is 7.33. The minimum absolute atomic E-state index is 0.144. The van der Waals surface area contributed by atoms with Gasteiger partial charge in [0.1, 0.15) is 0 Å². The second kappa shape index (κ2) is 5.44. The maximum atomic E-state index is 11.4. The first-order valence-electron chi connectivity index (χ1n) is 4.28. The van der Waals surface area contributed by atoms with E-state index in [9.17, 15) is 8.42 Å². The van der Waals surface area contributed by atoms with Crippen molar-refractivity contribution in [2.45, 2.75) is 18.9 Å². The van der Waals surface area contributed by atoms with Gasteiger partial charge in [-0.05, 0) is 18.6 Å². The number of nitrogens with one attached hydrogen (secondary N) is 1. The zero-order valence-corrected chi connectivity index (χ0v) is 9.72. The van der Waals surface area contributed by atoms with Crippen LogP contribution in [0.3, 0.4) is 0 Å². The van der Waals surface area contributed by atoms with Crippen molar-refractivity contribution in [1.29, 1.82) is 0 Å². The first-order valence-corrected chi connectivity index (χ1v) is 7.62. The number of halogens is 1. The lowest BCUT2D eigenvalue weighted by Gasteiger charge is -2.10. The van der Waals surface area contributed by atoms with E-state index in [1.165, 1.54) is 0 Å². The highest BCUT2D eigenvalue weighted by Crippen LogP contribution is 2.17. The van der Waals surface area contributed by atoms with Gasteiger partial charge in [0, 0.05) is 17.7 Å². The summed E-state index contributed by atoms with van der Waals surface area (Å²) in [6, 6.07) is 0.144. The predicted octanol–water partition coefficient (Wildman–Crippen LogP) is 1.04. The molecule has 1 unspecified atom stereocenters. The molecule has 1 fully saturated rings. The molecule has 1 heterocycles. The van der Waals surface area contributed by atoms with E-state index in [1.807, 2.05) is 0 Å². The van der Waals surface area contributed by atoms with Crippen LogP contribution in [-0.4, -0.2) is 37.6 Å². The van der Waals surface area contributed by atoms with Crippen LogP contribution in [0.1, 0.15) is 12.8 Å². The molecule has 0 aromatic rings. The molecule has 3 nitrogen and oxygen atoms in total. The van der Waals surface area contributed by atoms with Crippen LogP contribution < -0.4 is 4.72 Å². The Bertz CT molecular complexity index is 237. The van der Waals surface area contributed by atoms with Gasteiger partial charge in [0.05, 0.1) is 5.75 Å². The standard InChI is InChI=1S/C7H14ClNO2S2/c8-3-1-5-13(10,11)9-7-2-4-12-6-7/h7,9H,1-6H2. The normalized spacial score (nSPS) is 23.6. The molecule has 1 aliphatic heterocycles. The highest BCUT2D eigenvalue weighted by atomic mass is 35.5. The van der Waals surface area contributed by atoms with Crippen molar-refractivity contribution >= 4 is 33.4 Å². The summed E-state index contributed by atoms with van der Waals surface area (Å²) in [6.45, 7) is 0. The van der Waals surface area contributed by atoms with Crippen LogP contribution in [0, 0.1) is 0 Å². The molecule has 0 aromatic heterocycles. The van der Waals surface area contributed by atoms with Gasteiger partial charge in [0.15, 0.2) is 0 Å². The quantitative estimate of drug-likeness (QED) is 0.734. The summed E-state index contributed by atoms with van der Waals surface area (Å²) in [5.74, 6) is 2.51. The molecule has 1 atom stereocenters. The van der Waals surface area contributed by atoms with Gasteiger partial charge >= 0.3 is 0 Å². The van der Waals surface area contributed by atoms with Crippen LogP contribution in [0.2, 0.25) is 0 Å².